The molecular formula is C15H19NO12. The van der Waals surface area contributed by atoms with Crippen LogP contribution in [0.25, 0.3) is 0 Å². The molecule has 0 bridgehead atoms. The monoisotopic (exact) mass is 405 g/mol. The van der Waals surface area contributed by atoms with E-state index in [1.54, 1.807) is 5.32 Å². The summed E-state index contributed by atoms with van der Waals surface area (Å²) in [6.07, 6.45) is -1.63. The molecule has 0 amide bonds. The number of nitrogens with one attached hydrogen (secondary N) is 1. The number of hydrogen-bond donors (Lipinski definition) is 5. The van der Waals surface area contributed by atoms with Gasteiger partial charge in [-0.05, 0) is 27.2 Å². The molecule has 1 unspecified atom stereocenters. The molecule has 0 aliphatic rings. The topological polar surface area (TPSA) is 222 Å². The third kappa shape index (κ3) is 6.12. The van der Waals surface area contributed by atoms with Crippen molar-refractivity contribution in [3.05, 3.63) is 0 Å². The highest BCUT2D eigenvalue weighted by atomic mass is 16.6. The second-order valence-corrected chi connectivity index (χ2v) is 6.49. The van der Waals surface area contributed by atoms with Gasteiger partial charge in [-0.2, -0.15) is 0 Å². The van der Waals surface area contributed by atoms with E-state index in [4.69, 9.17) is 20.1 Å². The van der Waals surface area contributed by atoms with Crippen LogP contribution < -0.4 is 5.32 Å². The van der Waals surface area contributed by atoms with E-state index in [1.807, 2.05) is 0 Å². The zero-order valence-electron chi connectivity index (χ0n) is 15.0. The van der Waals surface area contributed by atoms with Crippen molar-refractivity contribution in [1.29, 1.82) is 0 Å². The van der Waals surface area contributed by atoms with Crippen LogP contribution in [0.5, 0.6) is 0 Å². The van der Waals surface area contributed by atoms with Crippen LogP contribution in [0.1, 0.15) is 33.6 Å². The van der Waals surface area contributed by atoms with E-state index in [-0.39, 0.29) is 0 Å². The smallest absolute Gasteiger partial charge is 0.375 e. The number of esters is 1. The number of aliphatic carboxylic acids is 4. The highest BCUT2D eigenvalue weighted by Crippen LogP contribution is 2.20. The van der Waals surface area contributed by atoms with Gasteiger partial charge in [-0.25, -0.2) is 14.4 Å². The van der Waals surface area contributed by atoms with Gasteiger partial charge in [0, 0.05) is 6.42 Å². The average molecular weight is 405 g/mol. The van der Waals surface area contributed by atoms with E-state index in [0.717, 1.165) is 0 Å². The van der Waals surface area contributed by atoms with Crippen LogP contribution in [0.2, 0.25) is 0 Å². The molecule has 0 aromatic heterocycles. The van der Waals surface area contributed by atoms with Crippen LogP contribution in [0.4, 0.5) is 0 Å². The number of ether oxygens (including phenoxy) is 1. The molecule has 0 aromatic carbocycles. The summed E-state index contributed by atoms with van der Waals surface area (Å²) in [5.41, 5.74) is -5.17. The third-order valence-electron chi connectivity index (χ3n) is 3.11. The molecule has 156 valence electrons. The Kier molecular flexibility index (Phi) is 7.95. The molecule has 0 fully saturated rings. The summed E-state index contributed by atoms with van der Waals surface area (Å²) in [6.45, 7) is 3.77. The molecule has 0 spiro atoms. The predicted molar refractivity (Wildman–Crippen MR) is 85.3 cm³/mol. The van der Waals surface area contributed by atoms with E-state index in [0.29, 0.717) is 0 Å². The Balaban J connectivity index is 6.55. The van der Waals surface area contributed by atoms with Crippen molar-refractivity contribution >= 4 is 41.4 Å². The summed E-state index contributed by atoms with van der Waals surface area (Å²) in [6, 6.07) is -2.14. The van der Waals surface area contributed by atoms with Gasteiger partial charge >= 0.3 is 29.8 Å². The fourth-order valence-electron chi connectivity index (χ4n) is 1.94. The largest absolute Gasteiger partial charge is 0.481 e. The van der Waals surface area contributed by atoms with Crippen molar-refractivity contribution in [3.8, 4) is 0 Å². The summed E-state index contributed by atoms with van der Waals surface area (Å²) < 4.78 is 4.77. The van der Waals surface area contributed by atoms with E-state index in [9.17, 15) is 38.7 Å². The maximum atomic E-state index is 12.5. The highest BCUT2D eigenvalue weighted by molar-refractivity contribution is 6.57. The molecule has 13 nitrogen and oxygen atoms in total. The maximum absolute atomic E-state index is 12.5. The molecule has 0 saturated heterocycles. The number of carbonyl (C=O) groups is 7. The van der Waals surface area contributed by atoms with Gasteiger partial charge in [0.2, 0.25) is 0 Å². The summed E-state index contributed by atoms with van der Waals surface area (Å²) in [4.78, 5) is 81.2. The van der Waals surface area contributed by atoms with Gasteiger partial charge in [0.1, 0.15) is 11.6 Å². The molecule has 1 atom stereocenters. The summed E-state index contributed by atoms with van der Waals surface area (Å²) in [7, 11) is 0. The van der Waals surface area contributed by atoms with Gasteiger partial charge in [0.15, 0.2) is 0 Å². The lowest BCUT2D eigenvalue weighted by Crippen LogP contribution is -2.71. The van der Waals surface area contributed by atoms with Crippen molar-refractivity contribution in [2.45, 2.75) is 50.8 Å². The van der Waals surface area contributed by atoms with Crippen LogP contribution in [-0.2, 0) is 38.3 Å². The Morgan fingerprint density at radius 3 is 1.57 bits per heavy atom. The molecule has 0 aromatic rings. The highest BCUT2D eigenvalue weighted by Gasteiger charge is 2.61. The fourth-order valence-corrected chi connectivity index (χ4v) is 1.94. The van der Waals surface area contributed by atoms with Crippen LogP contribution in [-0.4, -0.2) is 79.0 Å². The van der Waals surface area contributed by atoms with Crippen LogP contribution in [0, 0.1) is 0 Å². The molecule has 5 N–H and O–H groups in total. The average Bonchev–Trinajstić information content (AvgIpc) is 2.51. The number of Topliss-reactive ketones (excluding diaryl/α,β-unsaturated/α-hetero) is 2. The van der Waals surface area contributed by atoms with Crippen LogP contribution in [0.15, 0.2) is 0 Å². The van der Waals surface area contributed by atoms with Crippen molar-refractivity contribution in [3.63, 3.8) is 0 Å². The first-order valence-corrected chi connectivity index (χ1v) is 7.57. The van der Waals surface area contributed by atoms with Gasteiger partial charge in [0.05, 0.1) is 0 Å². The second-order valence-electron chi connectivity index (χ2n) is 6.49. The lowest BCUT2D eigenvalue weighted by atomic mass is 9.86. The molecule has 0 heterocycles. The number of carboxylic acids is 4. The third-order valence-corrected chi connectivity index (χ3v) is 3.11. The van der Waals surface area contributed by atoms with Crippen molar-refractivity contribution in [2.24, 2.45) is 0 Å². The van der Waals surface area contributed by atoms with Crippen LogP contribution in [0.3, 0.4) is 0 Å². The first-order valence-electron chi connectivity index (χ1n) is 7.57. The minimum Gasteiger partial charge on any atom is -0.481 e. The quantitative estimate of drug-likeness (QED) is 0.147. The molecule has 0 rings (SSSR count). The van der Waals surface area contributed by atoms with E-state index in [1.165, 1.54) is 20.8 Å². The van der Waals surface area contributed by atoms with Gasteiger partial charge in [-0.15, -0.1) is 0 Å². The standard InChI is InChI=1S/C15H19NO12/c1-14(2,3)28-13(27)15(8(19)11(23)24,9(20)12(25)26)16-6(10(21)22)4-5-7(17)18/h6,16H,4-5H2,1-3H3,(H,17,18)(H,21,22)(H,23,24)(H,25,26). The normalized spacial score (nSPS) is 12.5. The van der Waals surface area contributed by atoms with Gasteiger partial charge < -0.3 is 25.2 Å². The fraction of sp³-hybridized carbons (Fsp3) is 0.533. The van der Waals surface area contributed by atoms with E-state index >= 15 is 0 Å². The van der Waals surface area contributed by atoms with Crippen LogP contribution >= 0.6 is 0 Å². The van der Waals surface area contributed by atoms with E-state index < -0.39 is 71.4 Å². The molecule has 0 aliphatic carbocycles. The minimum atomic E-state index is -3.74. The lowest BCUT2D eigenvalue weighted by Gasteiger charge is -2.32. The second kappa shape index (κ2) is 9.03. The van der Waals surface area contributed by atoms with Crippen molar-refractivity contribution in [1.82, 2.24) is 5.32 Å². The summed E-state index contributed by atoms with van der Waals surface area (Å²) in [5.74, 6) is -14.7. The Hall–Kier alpha value is -3.35. The molecule has 0 aliphatic heterocycles. The SMILES string of the molecule is CC(C)(C)OC(=O)C(NC(CCC(=O)O)C(=O)O)(C(=O)C(=O)O)C(=O)C(=O)O. The number of hydrogen-bond acceptors (Lipinski definition) is 9. The number of carboxylic acid groups (broad SMARTS) is 4. The zero-order chi connectivity index (χ0) is 22.4. The molecular weight excluding hydrogens is 386 g/mol. The number of ketones is 2. The first-order chi connectivity index (χ1) is 12.6. The van der Waals surface area contributed by atoms with Gasteiger partial charge in [-0.3, -0.25) is 24.5 Å². The molecule has 0 saturated carbocycles. The predicted octanol–water partition coefficient (Wildman–Crippen LogP) is -1.72. The van der Waals surface area contributed by atoms with Gasteiger partial charge in [0.25, 0.3) is 17.1 Å². The lowest BCUT2D eigenvalue weighted by molar-refractivity contribution is -0.175. The molecule has 0 radical (unpaired) electrons. The van der Waals surface area contributed by atoms with Crippen molar-refractivity contribution < 1.29 is 58.7 Å². The van der Waals surface area contributed by atoms with E-state index in [2.05, 4.69) is 0 Å². The van der Waals surface area contributed by atoms with Crippen molar-refractivity contribution in [2.75, 3.05) is 0 Å². The molecule has 28 heavy (non-hydrogen) atoms. The number of carbonyl (C=O) groups excluding carboxylic acids is 3. The Morgan fingerprint density at radius 1 is 0.857 bits per heavy atom. The Morgan fingerprint density at radius 2 is 1.29 bits per heavy atom. The first kappa shape index (κ1) is 24.7. The van der Waals surface area contributed by atoms with Gasteiger partial charge in [-0.1, -0.05) is 0 Å². The number of rotatable bonds is 11. The maximum Gasteiger partial charge on any atom is 0.375 e. The molecule has 13 heteroatoms. The Labute approximate surface area is 157 Å². The summed E-state index contributed by atoms with van der Waals surface area (Å²) in [5, 5.41) is 37.4. The minimum absolute atomic E-state index is 0.811. The zero-order valence-corrected chi connectivity index (χ0v) is 15.0. The summed E-state index contributed by atoms with van der Waals surface area (Å²) >= 11 is 0. The Bertz CT molecular complexity index is 691.